The number of hydrogen-bond acceptors (Lipinski definition) is 1. The smallest absolute Gasteiger partial charge is 0.0439 e. The van der Waals surface area contributed by atoms with Crippen molar-refractivity contribution in [1.82, 2.24) is 0 Å². The maximum absolute atomic E-state index is 8.88. The molecule has 0 heterocycles. The van der Waals surface area contributed by atoms with Crippen LogP contribution in [0.25, 0.3) is 6.08 Å². The Morgan fingerprint density at radius 2 is 1.81 bits per heavy atom. The van der Waals surface area contributed by atoms with Crippen LogP contribution >= 0.6 is 0 Å². The van der Waals surface area contributed by atoms with Crippen molar-refractivity contribution >= 4 is 6.08 Å². The van der Waals surface area contributed by atoms with Gasteiger partial charge in [-0.2, -0.15) is 0 Å². The third kappa shape index (κ3) is 4.94. The molecule has 0 aromatic heterocycles. The maximum Gasteiger partial charge on any atom is 0.0439 e. The molecule has 0 atom stereocenters. The highest BCUT2D eigenvalue weighted by Crippen LogP contribution is 2.21. The highest BCUT2D eigenvalue weighted by atomic mass is 16.3. The Morgan fingerprint density at radius 1 is 1.12 bits per heavy atom. The van der Waals surface area contributed by atoms with E-state index < -0.39 is 0 Å². The van der Waals surface area contributed by atoms with E-state index in [1.54, 1.807) is 0 Å². The van der Waals surface area contributed by atoms with Crippen molar-refractivity contribution in [3.8, 4) is 0 Å². The van der Waals surface area contributed by atoms with E-state index in [-0.39, 0.29) is 12.0 Å². The third-order valence-corrected chi connectivity index (χ3v) is 2.50. The van der Waals surface area contributed by atoms with Crippen molar-refractivity contribution < 1.29 is 5.11 Å². The molecule has 0 amide bonds. The van der Waals surface area contributed by atoms with Gasteiger partial charge in [0.1, 0.15) is 0 Å². The number of allylic oxidation sites excluding steroid dienone is 3. The molecule has 16 heavy (non-hydrogen) atoms. The molecule has 1 heteroatoms. The molecule has 1 rings (SSSR count). The lowest BCUT2D eigenvalue weighted by molar-refractivity contribution is 0.241. The summed E-state index contributed by atoms with van der Waals surface area (Å²) in [4.78, 5) is 0. The van der Waals surface area contributed by atoms with E-state index in [9.17, 15) is 0 Å². The molecule has 0 unspecified atom stereocenters. The second-order valence-corrected chi connectivity index (χ2v) is 4.59. The van der Waals surface area contributed by atoms with Gasteiger partial charge < -0.3 is 5.11 Å². The zero-order chi connectivity index (χ0) is 11.9. The van der Waals surface area contributed by atoms with Gasteiger partial charge in [0.25, 0.3) is 0 Å². The molecule has 0 bridgehead atoms. The second kappa shape index (κ2) is 6.29. The van der Waals surface area contributed by atoms with Gasteiger partial charge in [0, 0.05) is 6.61 Å². The fourth-order valence-corrected chi connectivity index (χ4v) is 1.42. The molecule has 1 aromatic carbocycles. The average Bonchev–Trinajstić information content (AvgIpc) is 2.26. The lowest BCUT2D eigenvalue weighted by atomic mass is 9.89. The fraction of sp³-hybridized carbons (Fsp3) is 0.333. The van der Waals surface area contributed by atoms with Crippen molar-refractivity contribution in [3.05, 3.63) is 54.1 Å². The summed E-state index contributed by atoms with van der Waals surface area (Å²) in [5.41, 5.74) is 1.27. The number of aliphatic hydroxyl groups excluding tert-OH is 1. The van der Waals surface area contributed by atoms with Crippen molar-refractivity contribution in [3.63, 3.8) is 0 Å². The molecule has 1 aromatic rings. The summed E-state index contributed by atoms with van der Waals surface area (Å²) in [7, 11) is 0. The van der Waals surface area contributed by atoms with Crippen LogP contribution in [0, 0.1) is 5.41 Å². The normalized spacial score (nSPS) is 12.7. The van der Waals surface area contributed by atoms with Crippen LogP contribution in [0.1, 0.15) is 25.8 Å². The Balaban J connectivity index is 2.51. The van der Waals surface area contributed by atoms with Gasteiger partial charge in [0.15, 0.2) is 0 Å². The third-order valence-electron chi connectivity index (χ3n) is 2.50. The van der Waals surface area contributed by atoms with Crippen LogP contribution in [0.2, 0.25) is 0 Å². The van der Waals surface area contributed by atoms with E-state index in [2.05, 4.69) is 38.1 Å². The van der Waals surface area contributed by atoms with Crippen LogP contribution in [0.5, 0.6) is 0 Å². The van der Waals surface area contributed by atoms with Gasteiger partial charge in [-0.3, -0.25) is 0 Å². The lowest BCUT2D eigenvalue weighted by Gasteiger charge is -2.17. The van der Waals surface area contributed by atoms with Crippen LogP contribution in [-0.2, 0) is 0 Å². The summed E-state index contributed by atoms with van der Waals surface area (Å²) in [6.07, 6.45) is 9.08. The van der Waals surface area contributed by atoms with Gasteiger partial charge in [-0.15, -0.1) is 0 Å². The molecule has 1 N–H and O–H groups in total. The Hall–Kier alpha value is -1.34. The standard InChI is InChI=1S/C15H20O/c1-15(2,12-13-16)11-7-6-10-14-8-4-3-5-9-14/h3-11,16H,12-13H2,1-2H3/b10-6+,11-7+. The van der Waals surface area contributed by atoms with E-state index in [1.165, 1.54) is 5.56 Å². The van der Waals surface area contributed by atoms with Crippen molar-refractivity contribution in [1.29, 1.82) is 0 Å². The first-order chi connectivity index (χ1) is 7.64. The molecule has 1 nitrogen and oxygen atoms in total. The zero-order valence-corrected chi connectivity index (χ0v) is 10.1. The van der Waals surface area contributed by atoms with Crippen molar-refractivity contribution in [2.24, 2.45) is 5.41 Å². The molecule has 0 saturated carbocycles. The van der Waals surface area contributed by atoms with E-state index in [0.717, 1.165) is 6.42 Å². The Morgan fingerprint density at radius 3 is 2.44 bits per heavy atom. The molecule has 0 radical (unpaired) electrons. The number of benzene rings is 1. The summed E-state index contributed by atoms with van der Waals surface area (Å²) in [5.74, 6) is 0. The number of aliphatic hydroxyl groups is 1. The lowest BCUT2D eigenvalue weighted by Crippen LogP contribution is -2.08. The van der Waals surface area contributed by atoms with Gasteiger partial charge in [0.05, 0.1) is 0 Å². The molecule has 0 aliphatic carbocycles. The Kier molecular flexibility index (Phi) is 5.00. The average molecular weight is 216 g/mol. The molecule has 86 valence electrons. The van der Waals surface area contributed by atoms with Crippen LogP contribution in [0.3, 0.4) is 0 Å². The van der Waals surface area contributed by atoms with Gasteiger partial charge in [-0.05, 0) is 17.4 Å². The summed E-state index contributed by atoms with van der Waals surface area (Å²) in [6, 6.07) is 10.2. The van der Waals surface area contributed by atoms with Gasteiger partial charge in [-0.1, -0.05) is 68.5 Å². The minimum absolute atomic E-state index is 0.0653. The molecular weight excluding hydrogens is 196 g/mol. The SMILES string of the molecule is CC(C)(/C=C/C=C/c1ccccc1)CCO. The minimum Gasteiger partial charge on any atom is -0.396 e. The van der Waals surface area contributed by atoms with E-state index >= 15 is 0 Å². The van der Waals surface area contributed by atoms with E-state index in [1.807, 2.05) is 30.4 Å². The second-order valence-electron chi connectivity index (χ2n) is 4.59. The molecule has 0 aliphatic rings. The summed E-state index contributed by atoms with van der Waals surface area (Å²) < 4.78 is 0. The molecule has 0 aliphatic heterocycles. The maximum atomic E-state index is 8.88. The number of rotatable bonds is 5. The highest BCUT2D eigenvalue weighted by Gasteiger charge is 2.11. The van der Waals surface area contributed by atoms with E-state index in [4.69, 9.17) is 5.11 Å². The summed E-state index contributed by atoms with van der Waals surface area (Å²) in [5, 5.41) is 8.88. The predicted molar refractivity (Wildman–Crippen MR) is 70.1 cm³/mol. The first kappa shape index (κ1) is 12.7. The summed E-state index contributed by atoms with van der Waals surface area (Å²) in [6.45, 7) is 4.48. The van der Waals surface area contributed by atoms with Crippen LogP contribution in [0.15, 0.2) is 48.6 Å². The van der Waals surface area contributed by atoms with Gasteiger partial charge in [-0.25, -0.2) is 0 Å². The molecular formula is C15H20O. The van der Waals surface area contributed by atoms with Crippen molar-refractivity contribution in [2.45, 2.75) is 20.3 Å². The molecule has 0 fully saturated rings. The largest absolute Gasteiger partial charge is 0.396 e. The minimum atomic E-state index is 0.0653. The van der Waals surface area contributed by atoms with Crippen molar-refractivity contribution in [2.75, 3.05) is 6.61 Å². The number of hydrogen-bond donors (Lipinski definition) is 1. The fourth-order valence-electron chi connectivity index (χ4n) is 1.42. The summed E-state index contributed by atoms with van der Waals surface area (Å²) >= 11 is 0. The quantitative estimate of drug-likeness (QED) is 0.745. The van der Waals surface area contributed by atoms with Gasteiger partial charge in [0.2, 0.25) is 0 Å². The Bertz CT molecular complexity index is 347. The van der Waals surface area contributed by atoms with Crippen LogP contribution in [0.4, 0.5) is 0 Å². The molecule has 0 spiro atoms. The first-order valence-corrected chi connectivity index (χ1v) is 5.66. The van der Waals surface area contributed by atoms with Crippen LogP contribution in [-0.4, -0.2) is 11.7 Å². The molecule has 0 saturated heterocycles. The Labute approximate surface area is 98.1 Å². The van der Waals surface area contributed by atoms with Crippen LogP contribution < -0.4 is 0 Å². The van der Waals surface area contributed by atoms with E-state index in [0.29, 0.717) is 0 Å². The predicted octanol–water partition coefficient (Wildman–Crippen LogP) is 3.66. The topological polar surface area (TPSA) is 20.2 Å². The zero-order valence-electron chi connectivity index (χ0n) is 10.1. The highest BCUT2D eigenvalue weighted by molar-refractivity contribution is 5.50. The van der Waals surface area contributed by atoms with Gasteiger partial charge >= 0.3 is 0 Å². The first-order valence-electron chi connectivity index (χ1n) is 5.66. The monoisotopic (exact) mass is 216 g/mol.